The topological polar surface area (TPSA) is 77.3 Å². The molecule has 0 atom stereocenters. The molecule has 0 N–H and O–H groups in total. The van der Waals surface area contributed by atoms with Crippen LogP contribution in [-0.4, -0.2) is 26.2 Å². The van der Waals surface area contributed by atoms with Gasteiger partial charge in [0.25, 0.3) is 0 Å². The van der Waals surface area contributed by atoms with E-state index in [1.54, 1.807) is 0 Å². The van der Waals surface area contributed by atoms with Gasteiger partial charge in [0.2, 0.25) is 0 Å². The van der Waals surface area contributed by atoms with Crippen molar-refractivity contribution >= 4 is 100 Å². The quantitative estimate of drug-likeness (QED) is 0.210. The highest BCUT2D eigenvalue weighted by Crippen LogP contribution is 2.61. The van der Waals surface area contributed by atoms with Crippen LogP contribution < -0.4 is 0 Å². The Bertz CT molecular complexity index is 1550. The van der Waals surface area contributed by atoms with Gasteiger partial charge in [-0.2, -0.15) is 26.2 Å². The van der Waals surface area contributed by atoms with Crippen LogP contribution >= 0.6 is 67.0 Å². The molecule has 148 valence electrons. The molecular weight excluding hydrogens is 580 g/mol. The Hall–Kier alpha value is -1.92. The maximum Gasteiger partial charge on any atom is 0.120 e. The third-order valence-corrected chi connectivity index (χ3v) is 9.65. The van der Waals surface area contributed by atoms with Gasteiger partial charge in [-0.3, -0.25) is 0 Å². The molecule has 0 amide bonds. The van der Waals surface area contributed by atoms with E-state index in [1.807, 2.05) is 0 Å². The molecular formula is C20H6Br2N6S3. The van der Waals surface area contributed by atoms with E-state index in [1.165, 1.54) is 68.6 Å². The van der Waals surface area contributed by atoms with Gasteiger partial charge in [-0.15, -0.1) is 0 Å². The molecule has 9 rings (SSSR count). The van der Waals surface area contributed by atoms with Crippen molar-refractivity contribution in [3.8, 4) is 0 Å². The highest BCUT2D eigenvalue weighted by Gasteiger charge is 2.45. The van der Waals surface area contributed by atoms with Crippen molar-refractivity contribution in [1.29, 1.82) is 0 Å². The second kappa shape index (κ2) is 5.90. The fourth-order valence-corrected chi connectivity index (χ4v) is 8.47. The molecule has 0 aliphatic heterocycles. The van der Waals surface area contributed by atoms with E-state index in [4.69, 9.17) is 0 Å². The molecule has 0 saturated heterocycles. The Labute approximate surface area is 203 Å². The standard InChI is InChI=1S/C20H6Br2N6S3/c21-17-15-13-5-1-9-10(24-29-23-9)2-6(5)14(16(15)18(22)20-19(17)27-31-28-20)8-4-12-11(3-7(8)13)25-30-26-12/h1-4,13-14H. The Balaban J connectivity index is 1.59. The Kier molecular flexibility index (Phi) is 3.35. The van der Waals surface area contributed by atoms with Gasteiger partial charge in [-0.25, -0.2) is 0 Å². The Morgan fingerprint density at radius 3 is 1.19 bits per heavy atom. The minimum Gasteiger partial charge on any atom is -0.173 e. The number of hydrogen-bond donors (Lipinski definition) is 0. The van der Waals surface area contributed by atoms with E-state index in [0.29, 0.717) is 0 Å². The van der Waals surface area contributed by atoms with E-state index in [-0.39, 0.29) is 11.8 Å². The predicted octanol–water partition coefficient (Wildman–Crippen LogP) is 6.21. The number of hydrogen-bond acceptors (Lipinski definition) is 9. The van der Waals surface area contributed by atoms with E-state index >= 15 is 0 Å². The predicted molar refractivity (Wildman–Crippen MR) is 130 cm³/mol. The summed E-state index contributed by atoms with van der Waals surface area (Å²) in [5, 5.41) is 0. The number of fused-ring (bicyclic) bond motifs is 3. The van der Waals surface area contributed by atoms with Crippen molar-refractivity contribution in [2.75, 3.05) is 0 Å². The maximum atomic E-state index is 4.58. The Morgan fingerprint density at radius 1 is 0.516 bits per heavy atom. The summed E-state index contributed by atoms with van der Waals surface area (Å²) < 4.78 is 29.3. The van der Waals surface area contributed by atoms with Crippen molar-refractivity contribution in [3.63, 3.8) is 0 Å². The van der Waals surface area contributed by atoms with E-state index < -0.39 is 0 Å². The van der Waals surface area contributed by atoms with Gasteiger partial charge in [-0.05, 0) is 89.5 Å². The first-order chi connectivity index (χ1) is 15.2. The molecule has 31 heavy (non-hydrogen) atoms. The lowest BCUT2D eigenvalue weighted by Gasteiger charge is -2.43. The number of nitrogens with zero attached hydrogens (tertiary/aromatic N) is 6. The molecule has 0 fully saturated rings. The van der Waals surface area contributed by atoms with Crippen molar-refractivity contribution < 1.29 is 0 Å². The summed E-state index contributed by atoms with van der Waals surface area (Å²) in [6.45, 7) is 0. The normalized spacial score (nSPS) is 18.6. The van der Waals surface area contributed by atoms with Gasteiger partial charge in [0.1, 0.15) is 33.1 Å². The largest absolute Gasteiger partial charge is 0.173 e. The first-order valence-corrected chi connectivity index (χ1v) is 13.1. The summed E-state index contributed by atoms with van der Waals surface area (Å²) in [6.07, 6.45) is 0. The highest BCUT2D eigenvalue weighted by atomic mass is 79.9. The van der Waals surface area contributed by atoms with E-state index in [0.717, 1.165) is 42.0 Å². The lowest BCUT2D eigenvalue weighted by Crippen LogP contribution is -2.28. The minimum atomic E-state index is 0.0546. The molecule has 0 spiro atoms. The van der Waals surface area contributed by atoms with Crippen LogP contribution in [0, 0.1) is 0 Å². The van der Waals surface area contributed by atoms with Gasteiger partial charge < -0.3 is 0 Å². The van der Waals surface area contributed by atoms with Crippen molar-refractivity contribution in [1.82, 2.24) is 26.2 Å². The molecule has 0 saturated carbocycles. The van der Waals surface area contributed by atoms with Crippen molar-refractivity contribution in [2.24, 2.45) is 0 Å². The van der Waals surface area contributed by atoms with E-state index in [9.17, 15) is 0 Å². The molecule has 3 heterocycles. The second-order valence-electron chi connectivity index (χ2n) is 7.75. The van der Waals surface area contributed by atoms with Crippen LogP contribution in [0.5, 0.6) is 0 Å². The van der Waals surface area contributed by atoms with Gasteiger partial charge in [0, 0.05) is 11.8 Å². The van der Waals surface area contributed by atoms with Gasteiger partial charge in [-0.1, -0.05) is 0 Å². The zero-order chi connectivity index (χ0) is 20.4. The summed E-state index contributed by atoms with van der Waals surface area (Å²) >= 11 is 11.6. The maximum absolute atomic E-state index is 4.58. The van der Waals surface area contributed by atoms with Gasteiger partial charge >= 0.3 is 0 Å². The molecule has 0 unspecified atom stereocenters. The summed E-state index contributed by atoms with van der Waals surface area (Å²) in [5.74, 6) is 0.109. The lowest BCUT2D eigenvalue weighted by molar-refractivity contribution is 0.753. The zero-order valence-corrected chi connectivity index (χ0v) is 20.7. The summed E-state index contributed by atoms with van der Waals surface area (Å²) in [6, 6.07) is 8.85. The monoisotopic (exact) mass is 584 g/mol. The number of halogens is 2. The average molecular weight is 586 g/mol. The summed E-state index contributed by atoms with van der Waals surface area (Å²) in [5.41, 5.74) is 13.2. The molecule has 11 heteroatoms. The number of aromatic nitrogens is 6. The fraction of sp³-hybridized carbons (Fsp3) is 0.100. The zero-order valence-electron chi connectivity index (χ0n) is 15.1. The lowest BCUT2D eigenvalue weighted by atomic mass is 9.61. The summed E-state index contributed by atoms with van der Waals surface area (Å²) in [4.78, 5) is 0. The third kappa shape index (κ3) is 2.07. The smallest absolute Gasteiger partial charge is 0.120 e. The minimum absolute atomic E-state index is 0.0546. The van der Waals surface area contributed by atoms with Crippen LogP contribution in [0.2, 0.25) is 0 Å². The first-order valence-electron chi connectivity index (χ1n) is 9.36. The third-order valence-electron chi connectivity index (χ3n) is 6.41. The molecule has 6 aromatic rings. The van der Waals surface area contributed by atoms with Crippen LogP contribution in [-0.2, 0) is 0 Å². The molecule has 3 aliphatic carbocycles. The van der Waals surface area contributed by atoms with Gasteiger partial charge in [0.15, 0.2) is 0 Å². The average Bonchev–Trinajstić information content (AvgIpc) is 3.53. The molecule has 3 aliphatic rings. The van der Waals surface area contributed by atoms with Crippen LogP contribution in [0.3, 0.4) is 0 Å². The Morgan fingerprint density at radius 2 is 0.839 bits per heavy atom. The SMILES string of the molecule is Brc1c2c(c(Br)c3nsnc13)C1c3cc4nsnc4cc3C2c2cc3nsnc3cc21. The molecule has 0 radical (unpaired) electrons. The number of benzene rings is 3. The van der Waals surface area contributed by atoms with Crippen LogP contribution in [0.1, 0.15) is 45.2 Å². The summed E-state index contributed by atoms with van der Waals surface area (Å²) in [7, 11) is 0. The first kappa shape index (κ1) is 17.6. The number of rotatable bonds is 0. The van der Waals surface area contributed by atoms with Crippen molar-refractivity contribution in [2.45, 2.75) is 11.8 Å². The highest BCUT2D eigenvalue weighted by molar-refractivity contribution is 9.11. The second-order valence-corrected chi connectivity index (χ2v) is 10.9. The van der Waals surface area contributed by atoms with Crippen molar-refractivity contribution in [3.05, 3.63) is 66.6 Å². The van der Waals surface area contributed by atoms with Crippen LogP contribution in [0.15, 0.2) is 33.2 Å². The van der Waals surface area contributed by atoms with Crippen LogP contribution in [0.4, 0.5) is 0 Å². The molecule has 2 bridgehead atoms. The fourth-order valence-electron chi connectivity index (χ4n) is 5.22. The van der Waals surface area contributed by atoms with Gasteiger partial charge in [0.05, 0.1) is 44.1 Å². The molecule has 3 aromatic carbocycles. The molecule has 3 aromatic heterocycles. The van der Waals surface area contributed by atoms with Crippen LogP contribution in [0.25, 0.3) is 33.1 Å². The van der Waals surface area contributed by atoms with E-state index in [2.05, 4.69) is 82.4 Å². The molecule has 6 nitrogen and oxygen atoms in total.